The molecule has 1 heterocycles. The number of amides is 2. The Balaban J connectivity index is 1.50. The van der Waals surface area contributed by atoms with E-state index in [0.717, 1.165) is 38.5 Å². The summed E-state index contributed by atoms with van der Waals surface area (Å²) in [7, 11) is 0. The Morgan fingerprint density at radius 1 is 1.12 bits per heavy atom. The number of carbonyl (C=O) groups excluding carboxylic acids is 2. The third-order valence-electron chi connectivity index (χ3n) is 8.35. The third kappa shape index (κ3) is 9.27. The summed E-state index contributed by atoms with van der Waals surface area (Å²) in [6.07, 6.45) is 5.83. The number of benzene rings is 2. The molecule has 1 aliphatic carbocycles. The minimum Gasteiger partial charge on any atom is -0.493 e. The van der Waals surface area contributed by atoms with Crippen molar-refractivity contribution in [3.63, 3.8) is 0 Å². The first-order valence-electron chi connectivity index (χ1n) is 15.3. The Bertz CT molecular complexity index is 1170. The summed E-state index contributed by atoms with van der Waals surface area (Å²) < 4.78 is 20.7. The zero-order valence-corrected chi connectivity index (χ0v) is 24.5. The summed E-state index contributed by atoms with van der Waals surface area (Å²) in [5.41, 5.74) is 2.97. The molecule has 0 spiro atoms. The molecule has 2 amide bonds. The van der Waals surface area contributed by atoms with Crippen molar-refractivity contribution in [2.75, 3.05) is 19.7 Å². The lowest BCUT2D eigenvalue weighted by Crippen LogP contribution is -2.50. The standard InChI is InChI=1S/C33H46FN3O4/c1-3-7-24-12-15-35-31(39)10-6-11-32(40)37-29(19-25-17-27(34)20-28(18-25)41-22-24)30(38)21-36-33(13-14-33)26-9-5-8-23(4-2)16-26/h5,8-9,16-18,20,24,29-30,36,38H,3-4,6-7,10-15,19,21-22H2,1-2H3,(H,35,39)(H,37,40)/t24?,29-,30+/m0/s1. The average molecular weight is 568 g/mol. The highest BCUT2D eigenvalue weighted by Gasteiger charge is 2.44. The van der Waals surface area contributed by atoms with Crippen LogP contribution in [-0.2, 0) is 28.0 Å². The Kier molecular flexibility index (Phi) is 11.2. The molecule has 0 saturated heterocycles. The van der Waals surface area contributed by atoms with E-state index in [2.05, 4.69) is 54.1 Å². The number of halogens is 1. The van der Waals surface area contributed by atoms with Gasteiger partial charge in [0.15, 0.2) is 0 Å². The Morgan fingerprint density at radius 2 is 1.93 bits per heavy atom. The van der Waals surface area contributed by atoms with E-state index in [1.807, 2.05) is 0 Å². The van der Waals surface area contributed by atoms with Gasteiger partial charge in [-0.25, -0.2) is 4.39 Å². The van der Waals surface area contributed by atoms with Gasteiger partial charge in [0.1, 0.15) is 11.6 Å². The molecule has 2 aromatic rings. The molecule has 3 atom stereocenters. The molecule has 4 N–H and O–H groups in total. The van der Waals surface area contributed by atoms with Gasteiger partial charge < -0.3 is 25.8 Å². The van der Waals surface area contributed by atoms with Gasteiger partial charge in [-0.2, -0.15) is 0 Å². The van der Waals surface area contributed by atoms with Crippen LogP contribution >= 0.6 is 0 Å². The number of nitrogens with one attached hydrogen (secondary N) is 3. The van der Waals surface area contributed by atoms with E-state index in [9.17, 15) is 19.1 Å². The van der Waals surface area contributed by atoms with Crippen LogP contribution in [0.1, 0.15) is 81.9 Å². The van der Waals surface area contributed by atoms with Crippen LogP contribution in [0.2, 0.25) is 0 Å². The van der Waals surface area contributed by atoms with Crippen molar-refractivity contribution in [2.24, 2.45) is 5.92 Å². The molecule has 1 fully saturated rings. The van der Waals surface area contributed by atoms with Crippen LogP contribution in [0.5, 0.6) is 5.75 Å². The second-order valence-electron chi connectivity index (χ2n) is 11.7. The highest BCUT2D eigenvalue weighted by molar-refractivity contribution is 5.79. The van der Waals surface area contributed by atoms with Crippen molar-refractivity contribution in [2.45, 2.75) is 95.7 Å². The van der Waals surface area contributed by atoms with Gasteiger partial charge >= 0.3 is 0 Å². The van der Waals surface area contributed by atoms with Crippen molar-refractivity contribution in [3.8, 4) is 5.75 Å². The molecule has 0 aromatic heterocycles. The fourth-order valence-corrected chi connectivity index (χ4v) is 5.71. The summed E-state index contributed by atoms with van der Waals surface area (Å²) in [6.45, 7) is 5.50. The van der Waals surface area contributed by atoms with Crippen molar-refractivity contribution >= 4 is 11.8 Å². The number of hydrogen-bond donors (Lipinski definition) is 4. The third-order valence-corrected chi connectivity index (χ3v) is 8.35. The monoisotopic (exact) mass is 567 g/mol. The molecule has 224 valence electrons. The van der Waals surface area contributed by atoms with Crippen LogP contribution in [0.25, 0.3) is 0 Å². The first-order valence-corrected chi connectivity index (χ1v) is 15.3. The first-order chi connectivity index (χ1) is 19.8. The number of aliphatic hydroxyl groups is 1. The summed E-state index contributed by atoms with van der Waals surface area (Å²) in [6, 6.07) is 12.5. The molecular weight excluding hydrogens is 521 g/mol. The van der Waals surface area contributed by atoms with E-state index in [-0.39, 0.29) is 49.1 Å². The minimum absolute atomic E-state index is 0.0744. The molecule has 0 radical (unpaired) electrons. The molecule has 2 bridgehead atoms. The predicted octanol–water partition coefficient (Wildman–Crippen LogP) is 4.54. The molecule has 2 aromatic carbocycles. The van der Waals surface area contributed by atoms with Crippen LogP contribution < -0.4 is 20.7 Å². The maximum atomic E-state index is 14.7. The summed E-state index contributed by atoms with van der Waals surface area (Å²) in [5.74, 6) is -0.0621. The summed E-state index contributed by atoms with van der Waals surface area (Å²) >= 11 is 0. The fraction of sp³-hybridized carbons (Fsp3) is 0.576. The first kappa shape index (κ1) is 31.0. The largest absolute Gasteiger partial charge is 0.493 e. The van der Waals surface area contributed by atoms with Crippen molar-refractivity contribution in [1.82, 2.24) is 16.0 Å². The SMILES string of the molecule is CCCC1CCNC(=O)CCCC(=O)N[C@H]([C@H](O)CNC2(c3cccc(CC)c3)CC2)Cc2cc(F)cc(c2)OC1. The fourth-order valence-electron chi connectivity index (χ4n) is 5.71. The number of carbonyl (C=O) groups is 2. The Hall–Kier alpha value is -2.97. The van der Waals surface area contributed by atoms with Gasteiger partial charge in [-0.3, -0.25) is 9.59 Å². The van der Waals surface area contributed by atoms with Gasteiger partial charge in [0, 0.05) is 37.5 Å². The lowest BCUT2D eigenvalue weighted by molar-refractivity contribution is -0.123. The average Bonchev–Trinajstić information content (AvgIpc) is 3.75. The Morgan fingerprint density at radius 3 is 2.68 bits per heavy atom. The molecular formula is C33H46FN3O4. The van der Waals surface area contributed by atoms with E-state index >= 15 is 0 Å². The van der Waals surface area contributed by atoms with Crippen LogP contribution in [-0.4, -0.2) is 48.8 Å². The van der Waals surface area contributed by atoms with Gasteiger partial charge in [0.2, 0.25) is 11.8 Å². The number of ether oxygens (including phenoxy) is 1. The van der Waals surface area contributed by atoms with E-state index < -0.39 is 18.0 Å². The maximum Gasteiger partial charge on any atom is 0.220 e. The highest BCUT2D eigenvalue weighted by Crippen LogP contribution is 2.45. The van der Waals surface area contributed by atoms with Gasteiger partial charge in [-0.15, -0.1) is 0 Å². The minimum atomic E-state index is -0.905. The highest BCUT2D eigenvalue weighted by atomic mass is 19.1. The van der Waals surface area contributed by atoms with Crippen molar-refractivity contribution in [3.05, 3.63) is 65.0 Å². The Labute approximate surface area is 243 Å². The van der Waals surface area contributed by atoms with Crippen LogP contribution in [0.3, 0.4) is 0 Å². The zero-order chi connectivity index (χ0) is 29.2. The lowest BCUT2D eigenvalue weighted by Gasteiger charge is -2.27. The zero-order valence-electron chi connectivity index (χ0n) is 24.5. The number of rotatable bonds is 8. The molecule has 8 heteroatoms. The molecule has 41 heavy (non-hydrogen) atoms. The van der Waals surface area contributed by atoms with Gasteiger partial charge in [-0.05, 0) is 79.7 Å². The summed E-state index contributed by atoms with van der Waals surface area (Å²) in [5, 5.41) is 20.8. The molecule has 1 aliphatic heterocycles. The van der Waals surface area contributed by atoms with Crippen molar-refractivity contribution in [1.29, 1.82) is 0 Å². The van der Waals surface area contributed by atoms with Crippen molar-refractivity contribution < 1.29 is 23.8 Å². The lowest BCUT2D eigenvalue weighted by atomic mass is 9.98. The molecule has 7 nitrogen and oxygen atoms in total. The number of hydrogen-bond acceptors (Lipinski definition) is 5. The van der Waals surface area contributed by atoms with Crippen LogP contribution in [0.4, 0.5) is 4.39 Å². The van der Waals surface area contributed by atoms with Gasteiger partial charge in [-0.1, -0.05) is 44.5 Å². The smallest absolute Gasteiger partial charge is 0.220 e. The number of aliphatic hydroxyl groups excluding tert-OH is 1. The van der Waals surface area contributed by atoms with Gasteiger partial charge in [0.25, 0.3) is 0 Å². The molecule has 1 unspecified atom stereocenters. The molecule has 2 aliphatic rings. The topological polar surface area (TPSA) is 99.7 Å². The predicted molar refractivity (Wildman–Crippen MR) is 158 cm³/mol. The van der Waals surface area contributed by atoms with Gasteiger partial charge in [0.05, 0.1) is 18.8 Å². The van der Waals surface area contributed by atoms with E-state index in [4.69, 9.17) is 4.74 Å². The summed E-state index contributed by atoms with van der Waals surface area (Å²) in [4.78, 5) is 25.2. The van der Waals surface area contributed by atoms with E-state index in [0.29, 0.717) is 30.9 Å². The maximum absolute atomic E-state index is 14.7. The second-order valence-corrected chi connectivity index (χ2v) is 11.7. The quantitative estimate of drug-likeness (QED) is 0.375. The molecule has 1 saturated carbocycles. The van der Waals surface area contributed by atoms with E-state index in [1.54, 1.807) is 6.07 Å². The number of aryl methyl sites for hydroxylation is 1. The van der Waals surface area contributed by atoms with E-state index in [1.165, 1.54) is 23.3 Å². The second kappa shape index (κ2) is 14.8. The molecule has 4 rings (SSSR count). The van der Waals surface area contributed by atoms with Crippen LogP contribution in [0, 0.1) is 11.7 Å². The number of fused-ring (bicyclic) bond motifs is 2. The normalized spacial score (nSPS) is 22.5. The van der Waals surface area contributed by atoms with Crippen LogP contribution in [0.15, 0.2) is 42.5 Å².